The predicted octanol–water partition coefficient (Wildman–Crippen LogP) is 2.48. The van der Waals surface area contributed by atoms with Crippen molar-refractivity contribution in [2.45, 2.75) is 18.9 Å². The second-order valence-corrected chi connectivity index (χ2v) is 5.01. The van der Waals surface area contributed by atoms with Crippen molar-refractivity contribution in [3.63, 3.8) is 0 Å². The molecule has 0 aliphatic carbocycles. The summed E-state index contributed by atoms with van der Waals surface area (Å²) in [4.78, 5) is 0. The summed E-state index contributed by atoms with van der Waals surface area (Å²) in [7, 11) is 0. The van der Waals surface area contributed by atoms with Gasteiger partial charge in [0.1, 0.15) is 11.0 Å². The van der Waals surface area contributed by atoms with Crippen LogP contribution in [0.5, 0.6) is 0 Å². The van der Waals surface area contributed by atoms with E-state index in [0.717, 1.165) is 0 Å². The fourth-order valence-corrected chi connectivity index (χ4v) is 2.32. The standard InChI is InChI=1S/C13H14ClNO2/c1-12(16,10-2-4-11(14)5-3-10)13(8-15)6-7-17-9-13/h2-5,16H,6-7,9H2,1H3. The van der Waals surface area contributed by atoms with E-state index in [0.29, 0.717) is 23.6 Å². The molecule has 2 rings (SSSR count). The molecule has 1 N–H and O–H groups in total. The molecule has 1 saturated heterocycles. The molecule has 2 atom stereocenters. The highest BCUT2D eigenvalue weighted by atomic mass is 35.5. The van der Waals surface area contributed by atoms with Crippen LogP contribution in [0.3, 0.4) is 0 Å². The molecule has 3 nitrogen and oxygen atoms in total. The Labute approximate surface area is 106 Å². The van der Waals surface area contributed by atoms with E-state index in [9.17, 15) is 10.4 Å². The van der Waals surface area contributed by atoms with Gasteiger partial charge in [-0.3, -0.25) is 0 Å². The lowest BCUT2D eigenvalue weighted by molar-refractivity contribution is -0.0481. The van der Waals surface area contributed by atoms with E-state index in [1.807, 2.05) is 0 Å². The van der Waals surface area contributed by atoms with Crippen LogP contribution in [-0.4, -0.2) is 18.3 Å². The molecular formula is C13H14ClNO2. The molecule has 1 aliphatic heterocycles. The van der Waals surface area contributed by atoms with Crippen LogP contribution in [0.2, 0.25) is 5.02 Å². The number of nitriles is 1. The molecule has 1 aromatic rings. The molecule has 1 heterocycles. The Hall–Kier alpha value is -1.08. The maximum atomic E-state index is 10.7. The van der Waals surface area contributed by atoms with Crippen LogP contribution in [0.15, 0.2) is 24.3 Å². The predicted molar refractivity (Wildman–Crippen MR) is 64.5 cm³/mol. The van der Waals surface area contributed by atoms with E-state index >= 15 is 0 Å². The highest BCUT2D eigenvalue weighted by molar-refractivity contribution is 6.30. The van der Waals surface area contributed by atoms with E-state index in [-0.39, 0.29) is 6.61 Å². The quantitative estimate of drug-likeness (QED) is 0.879. The van der Waals surface area contributed by atoms with Crippen molar-refractivity contribution in [3.8, 4) is 6.07 Å². The number of hydrogen-bond acceptors (Lipinski definition) is 3. The monoisotopic (exact) mass is 251 g/mol. The minimum atomic E-state index is -1.23. The summed E-state index contributed by atoms with van der Waals surface area (Å²) in [6, 6.07) is 9.15. The van der Waals surface area contributed by atoms with Crippen LogP contribution in [0.1, 0.15) is 18.9 Å². The molecule has 2 unspecified atom stereocenters. The van der Waals surface area contributed by atoms with Crippen LogP contribution >= 0.6 is 11.6 Å². The minimum Gasteiger partial charge on any atom is -0.384 e. The van der Waals surface area contributed by atoms with Crippen LogP contribution < -0.4 is 0 Å². The fourth-order valence-electron chi connectivity index (χ4n) is 2.20. The number of rotatable bonds is 2. The third kappa shape index (κ3) is 1.93. The summed E-state index contributed by atoms with van der Waals surface area (Å²) in [5.74, 6) is 0. The molecular weight excluding hydrogens is 238 g/mol. The first kappa shape index (κ1) is 12.4. The molecule has 90 valence electrons. The van der Waals surface area contributed by atoms with E-state index in [1.165, 1.54) is 0 Å². The van der Waals surface area contributed by atoms with Crippen molar-refractivity contribution >= 4 is 11.6 Å². The van der Waals surface area contributed by atoms with Crippen LogP contribution in [0.25, 0.3) is 0 Å². The number of nitrogens with zero attached hydrogens (tertiary/aromatic N) is 1. The van der Waals surface area contributed by atoms with Gasteiger partial charge in [-0.05, 0) is 31.0 Å². The van der Waals surface area contributed by atoms with Crippen LogP contribution in [0.4, 0.5) is 0 Å². The van der Waals surface area contributed by atoms with E-state index in [4.69, 9.17) is 16.3 Å². The molecule has 0 bridgehead atoms. The summed E-state index contributed by atoms with van der Waals surface area (Å²) in [5.41, 5.74) is -1.42. The summed E-state index contributed by atoms with van der Waals surface area (Å²) < 4.78 is 5.27. The molecule has 4 heteroatoms. The maximum absolute atomic E-state index is 10.7. The molecule has 1 fully saturated rings. The lowest BCUT2D eigenvalue weighted by atomic mass is 9.70. The Morgan fingerprint density at radius 3 is 2.59 bits per heavy atom. The van der Waals surface area contributed by atoms with Gasteiger partial charge in [0.05, 0.1) is 12.7 Å². The molecule has 17 heavy (non-hydrogen) atoms. The second-order valence-electron chi connectivity index (χ2n) is 4.58. The Balaban J connectivity index is 2.41. The minimum absolute atomic E-state index is 0.263. The summed E-state index contributed by atoms with van der Waals surface area (Å²) >= 11 is 5.82. The van der Waals surface area contributed by atoms with Gasteiger partial charge in [0.25, 0.3) is 0 Å². The first-order chi connectivity index (χ1) is 8.02. The van der Waals surface area contributed by atoms with Crippen molar-refractivity contribution in [2.75, 3.05) is 13.2 Å². The summed E-state index contributed by atoms with van der Waals surface area (Å²) in [5, 5.41) is 20.6. The SMILES string of the molecule is CC(O)(c1ccc(Cl)cc1)C1(C#N)CCOC1. The number of aliphatic hydroxyl groups is 1. The number of hydrogen-bond donors (Lipinski definition) is 1. The second kappa shape index (κ2) is 4.30. The maximum Gasteiger partial charge on any atom is 0.115 e. The zero-order valence-electron chi connectivity index (χ0n) is 9.61. The molecule has 0 spiro atoms. The average molecular weight is 252 g/mol. The van der Waals surface area contributed by atoms with Gasteiger partial charge in [0.2, 0.25) is 0 Å². The van der Waals surface area contributed by atoms with Crippen molar-refractivity contribution in [3.05, 3.63) is 34.9 Å². The normalized spacial score (nSPS) is 27.4. The Kier molecular flexibility index (Phi) is 3.13. The lowest BCUT2D eigenvalue weighted by Crippen LogP contribution is -2.43. The third-order valence-corrected chi connectivity index (χ3v) is 3.83. The number of halogens is 1. The third-order valence-electron chi connectivity index (χ3n) is 3.57. The van der Waals surface area contributed by atoms with Gasteiger partial charge in [0.15, 0.2) is 0 Å². The molecule has 0 aromatic heterocycles. The van der Waals surface area contributed by atoms with Crippen molar-refractivity contribution in [1.82, 2.24) is 0 Å². The average Bonchev–Trinajstić information content (AvgIpc) is 2.79. The zero-order chi connectivity index (χ0) is 12.5. The highest BCUT2D eigenvalue weighted by Gasteiger charge is 2.51. The summed E-state index contributed by atoms with van der Waals surface area (Å²) in [6.07, 6.45) is 0.541. The van der Waals surface area contributed by atoms with Crippen molar-refractivity contribution in [1.29, 1.82) is 5.26 Å². The van der Waals surface area contributed by atoms with Gasteiger partial charge >= 0.3 is 0 Å². The Morgan fingerprint density at radius 1 is 1.47 bits per heavy atom. The molecule has 1 aliphatic rings. The topological polar surface area (TPSA) is 53.2 Å². The van der Waals surface area contributed by atoms with Crippen LogP contribution in [-0.2, 0) is 10.3 Å². The van der Waals surface area contributed by atoms with Crippen LogP contribution in [0, 0.1) is 16.7 Å². The van der Waals surface area contributed by atoms with Gasteiger partial charge in [0, 0.05) is 11.6 Å². The first-order valence-corrected chi connectivity index (χ1v) is 5.87. The van der Waals surface area contributed by atoms with Gasteiger partial charge in [-0.15, -0.1) is 0 Å². The van der Waals surface area contributed by atoms with Gasteiger partial charge in [-0.25, -0.2) is 0 Å². The fraction of sp³-hybridized carbons (Fsp3) is 0.462. The van der Waals surface area contributed by atoms with Crippen molar-refractivity contribution in [2.24, 2.45) is 5.41 Å². The number of ether oxygens (including phenoxy) is 1. The van der Waals surface area contributed by atoms with E-state index in [2.05, 4.69) is 6.07 Å². The molecule has 1 aromatic carbocycles. The van der Waals surface area contributed by atoms with E-state index in [1.54, 1.807) is 31.2 Å². The van der Waals surface area contributed by atoms with Gasteiger partial charge < -0.3 is 9.84 Å². The smallest absolute Gasteiger partial charge is 0.115 e. The molecule has 0 amide bonds. The first-order valence-electron chi connectivity index (χ1n) is 5.49. The van der Waals surface area contributed by atoms with E-state index < -0.39 is 11.0 Å². The Bertz CT molecular complexity index is 441. The van der Waals surface area contributed by atoms with Crippen molar-refractivity contribution < 1.29 is 9.84 Å². The summed E-state index contributed by atoms with van der Waals surface area (Å²) in [6.45, 7) is 2.44. The Morgan fingerprint density at radius 2 is 2.12 bits per heavy atom. The molecule has 0 radical (unpaired) electrons. The lowest BCUT2D eigenvalue weighted by Gasteiger charge is -2.36. The number of benzene rings is 1. The zero-order valence-corrected chi connectivity index (χ0v) is 10.4. The van der Waals surface area contributed by atoms with Gasteiger partial charge in [-0.1, -0.05) is 23.7 Å². The largest absolute Gasteiger partial charge is 0.384 e. The highest BCUT2D eigenvalue weighted by Crippen LogP contribution is 2.45. The van der Waals surface area contributed by atoms with Gasteiger partial charge in [-0.2, -0.15) is 5.26 Å². The molecule has 0 saturated carbocycles.